The number of carbonyl (C=O) groups is 1. The van der Waals surface area contributed by atoms with Crippen LogP contribution >= 0.6 is 0 Å². The second-order valence-electron chi connectivity index (χ2n) is 8.01. The standard InChI is InChI=1S/C18H26O2/c1-4-12-5-6-13-10(2)9-18-14(19)7-8-17(18,16(13)18)11(3)15(12)20/h4,10-13,15-16,20H,1,5-9H2,2-3H3/t10?,11-,12?,13?,15?,16?,17?,18?/m0/s1. The summed E-state index contributed by atoms with van der Waals surface area (Å²) in [5.41, 5.74) is 0.107. The summed E-state index contributed by atoms with van der Waals surface area (Å²) in [7, 11) is 0. The van der Waals surface area contributed by atoms with Gasteiger partial charge in [-0.25, -0.2) is 0 Å². The van der Waals surface area contributed by atoms with Gasteiger partial charge in [0.15, 0.2) is 0 Å². The van der Waals surface area contributed by atoms with Crippen LogP contribution in [0.3, 0.4) is 0 Å². The van der Waals surface area contributed by atoms with E-state index in [1.54, 1.807) is 0 Å². The number of aliphatic hydroxyl groups is 1. The molecule has 4 fully saturated rings. The van der Waals surface area contributed by atoms with E-state index in [-0.39, 0.29) is 28.8 Å². The minimum Gasteiger partial charge on any atom is -0.392 e. The van der Waals surface area contributed by atoms with Crippen LogP contribution < -0.4 is 0 Å². The molecule has 8 atom stereocenters. The molecule has 1 N–H and O–H groups in total. The molecule has 4 aliphatic carbocycles. The molecule has 20 heavy (non-hydrogen) atoms. The minimum absolute atomic E-state index is 0.0342. The molecular formula is C18H26O2. The van der Waals surface area contributed by atoms with Gasteiger partial charge in [0.2, 0.25) is 0 Å². The van der Waals surface area contributed by atoms with E-state index < -0.39 is 0 Å². The van der Waals surface area contributed by atoms with Gasteiger partial charge < -0.3 is 5.11 Å². The zero-order valence-electron chi connectivity index (χ0n) is 12.6. The molecule has 0 bridgehead atoms. The van der Waals surface area contributed by atoms with Crippen LogP contribution in [0.4, 0.5) is 0 Å². The van der Waals surface area contributed by atoms with E-state index in [1.807, 2.05) is 6.08 Å². The Bertz CT molecular complexity index is 484. The van der Waals surface area contributed by atoms with E-state index in [2.05, 4.69) is 20.4 Å². The predicted octanol–water partition coefficient (Wildman–Crippen LogP) is 3.20. The fourth-order valence-electron chi connectivity index (χ4n) is 7.04. The van der Waals surface area contributed by atoms with Crippen molar-refractivity contribution in [2.45, 2.75) is 52.1 Å². The summed E-state index contributed by atoms with van der Waals surface area (Å²) in [6.07, 6.45) is 6.73. The number of ketones is 1. The van der Waals surface area contributed by atoms with Crippen molar-refractivity contribution < 1.29 is 9.90 Å². The molecule has 0 aromatic carbocycles. The molecule has 2 spiro atoms. The second kappa shape index (κ2) is 3.76. The third kappa shape index (κ3) is 1.12. The molecule has 0 aliphatic heterocycles. The maximum atomic E-state index is 12.6. The highest BCUT2D eigenvalue weighted by Crippen LogP contribution is 2.88. The lowest BCUT2D eigenvalue weighted by molar-refractivity contribution is -0.123. The van der Waals surface area contributed by atoms with Crippen molar-refractivity contribution in [3.63, 3.8) is 0 Å². The van der Waals surface area contributed by atoms with Gasteiger partial charge in [-0.1, -0.05) is 19.9 Å². The molecule has 110 valence electrons. The van der Waals surface area contributed by atoms with Crippen LogP contribution in [0.2, 0.25) is 0 Å². The zero-order valence-corrected chi connectivity index (χ0v) is 12.6. The van der Waals surface area contributed by atoms with Gasteiger partial charge in [0.25, 0.3) is 0 Å². The van der Waals surface area contributed by atoms with Crippen molar-refractivity contribution in [3.05, 3.63) is 12.7 Å². The lowest BCUT2D eigenvalue weighted by atomic mass is 9.67. The van der Waals surface area contributed by atoms with Crippen molar-refractivity contribution >= 4 is 5.78 Å². The first-order valence-corrected chi connectivity index (χ1v) is 8.34. The quantitative estimate of drug-likeness (QED) is 0.746. The second-order valence-corrected chi connectivity index (χ2v) is 8.01. The zero-order chi connectivity index (χ0) is 14.3. The largest absolute Gasteiger partial charge is 0.392 e. The van der Waals surface area contributed by atoms with Gasteiger partial charge >= 0.3 is 0 Å². The summed E-state index contributed by atoms with van der Waals surface area (Å²) >= 11 is 0. The highest BCUT2D eigenvalue weighted by Gasteiger charge is 2.87. The fourth-order valence-corrected chi connectivity index (χ4v) is 7.04. The summed E-state index contributed by atoms with van der Waals surface area (Å²) in [4.78, 5) is 12.6. The van der Waals surface area contributed by atoms with E-state index in [1.165, 1.54) is 6.42 Å². The molecule has 2 nitrogen and oxygen atoms in total. The van der Waals surface area contributed by atoms with E-state index in [9.17, 15) is 9.90 Å². The molecule has 4 rings (SSSR count). The number of aliphatic hydroxyl groups excluding tert-OH is 1. The van der Waals surface area contributed by atoms with Gasteiger partial charge in [-0.3, -0.25) is 4.79 Å². The number of Topliss-reactive ketones (excluding diaryl/α,β-unsaturated/α-hetero) is 1. The molecular weight excluding hydrogens is 248 g/mol. The van der Waals surface area contributed by atoms with Crippen molar-refractivity contribution in [1.82, 2.24) is 0 Å². The summed E-state index contributed by atoms with van der Waals surface area (Å²) in [5, 5.41) is 10.8. The SMILES string of the molecule is C=CC1CCC2C(C)CC34C(=O)CCC3(C24)[C@@H](C)C1O. The first kappa shape index (κ1) is 13.1. The summed E-state index contributed by atoms with van der Waals surface area (Å²) in [6.45, 7) is 8.47. The van der Waals surface area contributed by atoms with Gasteiger partial charge in [-0.2, -0.15) is 0 Å². The fraction of sp³-hybridized carbons (Fsp3) is 0.833. The van der Waals surface area contributed by atoms with Crippen molar-refractivity contribution in [2.24, 2.45) is 40.4 Å². The molecule has 7 unspecified atom stereocenters. The normalized spacial score (nSPS) is 60.5. The van der Waals surface area contributed by atoms with Crippen LogP contribution in [0, 0.1) is 40.4 Å². The van der Waals surface area contributed by atoms with Crippen LogP contribution in [-0.4, -0.2) is 17.0 Å². The predicted molar refractivity (Wildman–Crippen MR) is 78.0 cm³/mol. The Labute approximate surface area is 121 Å². The Morgan fingerprint density at radius 2 is 2.10 bits per heavy atom. The molecule has 0 aromatic rings. The first-order chi connectivity index (χ1) is 9.50. The molecule has 0 radical (unpaired) electrons. The van der Waals surface area contributed by atoms with Crippen LogP contribution in [0.15, 0.2) is 12.7 Å². The Hall–Kier alpha value is -0.630. The smallest absolute Gasteiger partial charge is 0.139 e. The van der Waals surface area contributed by atoms with E-state index in [4.69, 9.17) is 0 Å². The number of hydrogen-bond donors (Lipinski definition) is 1. The van der Waals surface area contributed by atoms with E-state index >= 15 is 0 Å². The third-order valence-electron chi connectivity index (χ3n) is 7.80. The lowest BCUT2D eigenvalue weighted by Crippen LogP contribution is -2.39. The Morgan fingerprint density at radius 3 is 2.80 bits per heavy atom. The van der Waals surface area contributed by atoms with E-state index in [0.717, 1.165) is 25.7 Å². The van der Waals surface area contributed by atoms with Gasteiger partial charge in [0, 0.05) is 17.8 Å². The van der Waals surface area contributed by atoms with Crippen LogP contribution in [-0.2, 0) is 4.79 Å². The Kier molecular flexibility index (Phi) is 2.46. The monoisotopic (exact) mass is 274 g/mol. The molecule has 4 aliphatic rings. The molecule has 0 amide bonds. The minimum atomic E-state index is -0.308. The maximum Gasteiger partial charge on any atom is 0.139 e. The van der Waals surface area contributed by atoms with Crippen LogP contribution in [0.1, 0.15) is 46.0 Å². The Morgan fingerprint density at radius 1 is 1.35 bits per heavy atom. The van der Waals surface area contributed by atoms with Crippen molar-refractivity contribution in [2.75, 3.05) is 0 Å². The van der Waals surface area contributed by atoms with Gasteiger partial charge in [0.05, 0.1) is 6.10 Å². The first-order valence-electron chi connectivity index (χ1n) is 8.34. The van der Waals surface area contributed by atoms with Gasteiger partial charge in [-0.15, -0.1) is 6.58 Å². The summed E-state index contributed by atoms with van der Waals surface area (Å²) in [6, 6.07) is 0. The summed E-state index contributed by atoms with van der Waals surface area (Å²) in [5.74, 6) is 2.95. The van der Waals surface area contributed by atoms with Crippen molar-refractivity contribution in [3.8, 4) is 0 Å². The van der Waals surface area contributed by atoms with E-state index in [0.29, 0.717) is 23.5 Å². The lowest BCUT2D eigenvalue weighted by Gasteiger charge is -2.39. The van der Waals surface area contributed by atoms with Crippen LogP contribution in [0.5, 0.6) is 0 Å². The van der Waals surface area contributed by atoms with Gasteiger partial charge in [-0.05, 0) is 54.8 Å². The highest BCUT2D eigenvalue weighted by molar-refractivity contribution is 5.94. The molecule has 2 heteroatoms. The van der Waals surface area contributed by atoms with Crippen molar-refractivity contribution in [1.29, 1.82) is 0 Å². The average Bonchev–Trinajstić information content (AvgIpc) is 2.68. The highest BCUT2D eigenvalue weighted by atomic mass is 16.3. The average molecular weight is 274 g/mol. The van der Waals surface area contributed by atoms with Crippen LogP contribution in [0.25, 0.3) is 0 Å². The molecule has 0 heterocycles. The Balaban J connectivity index is 1.80. The third-order valence-corrected chi connectivity index (χ3v) is 7.80. The summed E-state index contributed by atoms with van der Waals surface area (Å²) < 4.78 is 0. The molecule has 0 aromatic heterocycles. The number of hydrogen-bond acceptors (Lipinski definition) is 2. The maximum absolute atomic E-state index is 12.6. The number of carbonyl (C=O) groups excluding carboxylic acids is 1. The topological polar surface area (TPSA) is 37.3 Å². The van der Waals surface area contributed by atoms with Gasteiger partial charge in [0.1, 0.15) is 5.78 Å². The molecule has 0 saturated heterocycles. The molecule has 4 saturated carbocycles. The number of rotatable bonds is 1.